The Kier molecular flexibility index (Phi) is 6.28. The molecule has 1 unspecified atom stereocenters. The fourth-order valence-corrected chi connectivity index (χ4v) is 3.86. The highest BCUT2D eigenvalue weighted by Gasteiger charge is 2.50. The van der Waals surface area contributed by atoms with Crippen molar-refractivity contribution < 1.29 is 23.9 Å². The van der Waals surface area contributed by atoms with Crippen LogP contribution in [0.2, 0.25) is 0 Å². The maximum absolute atomic E-state index is 12.9. The Hall–Kier alpha value is -3.10. The number of carbonyl (C=O) groups is 4. The number of imide groups is 1. The molecule has 0 aromatic heterocycles. The minimum Gasteiger partial charge on any atom is -0.497 e. The molecule has 0 saturated carbocycles. The topological polar surface area (TPSA) is 108 Å². The van der Waals surface area contributed by atoms with Gasteiger partial charge in [-0.15, -0.1) is 0 Å². The molecule has 0 bridgehead atoms. The van der Waals surface area contributed by atoms with E-state index in [1.807, 2.05) is 0 Å². The van der Waals surface area contributed by atoms with Gasteiger partial charge in [-0.05, 0) is 24.1 Å². The van der Waals surface area contributed by atoms with Crippen LogP contribution in [0.3, 0.4) is 0 Å². The van der Waals surface area contributed by atoms with Crippen LogP contribution in [0.5, 0.6) is 5.75 Å². The van der Waals surface area contributed by atoms with Crippen molar-refractivity contribution in [2.75, 3.05) is 27.2 Å². The van der Waals surface area contributed by atoms with Crippen molar-refractivity contribution in [3.05, 3.63) is 29.3 Å². The van der Waals surface area contributed by atoms with E-state index in [4.69, 9.17) is 4.74 Å². The molecular formula is C21H28N4O5. The molecule has 5 amide bonds. The maximum atomic E-state index is 12.9. The monoisotopic (exact) mass is 416 g/mol. The summed E-state index contributed by atoms with van der Waals surface area (Å²) in [5, 5.41) is 4.82. The first kappa shape index (κ1) is 21.6. The number of amides is 5. The summed E-state index contributed by atoms with van der Waals surface area (Å²) >= 11 is 0. The lowest BCUT2D eigenvalue weighted by Crippen LogP contribution is -2.57. The summed E-state index contributed by atoms with van der Waals surface area (Å²) in [6.45, 7) is 2.86. The van der Waals surface area contributed by atoms with Gasteiger partial charge in [-0.2, -0.15) is 0 Å². The lowest BCUT2D eigenvalue weighted by molar-refractivity contribution is -0.136. The van der Waals surface area contributed by atoms with E-state index >= 15 is 0 Å². The third kappa shape index (κ3) is 4.24. The molecule has 1 aromatic rings. The van der Waals surface area contributed by atoms with Crippen LogP contribution in [0.25, 0.3) is 0 Å². The molecular weight excluding hydrogens is 388 g/mol. The highest BCUT2D eigenvalue weighted by Crippen LogP contribution is 2.29. The fourth-order valence-electron chi connectivity index (χ4n) is 3.86. The first-order valence-electron chi connectivity index (χ1n) is 10.1. The Morgan fingerprint density at radius 2 is 2.03 bits per heavy atom. The number of fused-ring (bicyclic) bond motifs is 1. The number of methoxy groups -OCH3 is 1. The van der Waals surface area contributed by atoms with Crippen LogP contribution in [0.4, 0.5) is 4.79 Å². The van der Waals surface area contributed by atoms with Crippen molar-refractivity contribution in [2.45, 2.75) is 44.7 Å². The van der Waals surface area contributed by atoms with E-state index in [0.717, 1.165) is 24.8 Å². The molecule has 0 spiro atoms. The second-order valence-corrected chi connectivity index (χ2v) is 7.87. The van der Waals surface area contributed by atoms with Gasteiger partial charge in [-0.3, -0.25) is 19.7 Å². The lowest BCUT2D eigenvalue weighted by Gasteiger charge is -2.31. The van der Waals surface area contributed by atoms with Crippen molar-refractivity contribution >= 4 is 23.8 Å². The van der Waals surface area contributed by atoms with E-state index < -0.39 is 17.5 Å². The summed E-state index contributed by atoms with van der Waals surface area (Å²) in [7, 11) is 3.21. The second-order valence-electron chi connectivity index (χ2n) is 7.87. The van der Waals surface area contributed by atoms with E-state index in [-0.39, 0.29) is 24.8 Å². The molecule has 0 radical (unpaired) electrons. The first-order chi connectivity index (χ1) is 14.3. The van der Waals surface area contributed by atoms with Crippen LogP contribution in [-0.2, 0) is 16.1 Å². The summed E-state index contributed by atoms with van der Waals surface area (Å²) in [5.74, 6) is -0.547. The molecule has 1 atom stereocenters. The Morgan fingerprint density at radius 1 is 1.27 bits per heavy atom. The Bertz CT molecular complexity index is 871. The minimum atomic E-state index is -1.49. The van der Waals surface area contributed by atoms with Crippen molar-refractivity contribution in [3.63, 3.8) is 0 Å². The van der Waals surface area contributed by atoms with Gasteiger partial charge in [-0.25, -0.2) is 4.79 Å². The zero-order chi connectivity index (χ0) is 21.9. The molecule has 1 saturated heterocycles. The Balaban J connectivity index is 1.77. The van der Waals surface area contributed by atoms with Gasteiger partial charge in [0.1, 0.15) is 11.3 Å². The molecule has 9 nitrogen and oxygen atoms in total. The molecule has 2 aliphatic heterocycles. The van der Waals surface area contributed by atoms with Crippen LogP contribution in [-0.4, -0.2) is 66.3 Å². The van der Waals surface area contributed by atoms with Gasteiger partial charge in [0.15, 0.2) is 0 Å². The Labute approximate surface area is 175 Å². The highest BCUT2D eigenvalue weighted by molar-refractivity contribution is 6.09. The predicted octanol–water partition coefficient (Wildman–Crippen LogP) is 1.27. The number of urea groups is 1. The van der Waals surface area contributed by atoms with E-state index in [1.54, 1.807) is 30.1 Å². The number of benzene rings is 1. The van der Waals surface area contributed by atoms with E-state index in [1.165, 1.54) is 12.0 Å². The van der Waals surface area contributed by atoms with Gasteiger partial charge in [0.05, 0.1) is 20.1 Å². The van der Waals surface area contributed by atoms with Crippen LogP contribution in [0.15, 0.2) is 18.2 Å². The molecule has 2 heterocycles. The average Bonchev–Trinajstić information content (AvgIpc) is 3.16. The number of unbranched alkanes of at least 4 members (excludes halogenated alkanes) is 2. The summed E-state index contributed by atoms with van der Waals surface area (Å²) in [4.78, 5) is 53.3. The maximum Gasteiger partial charge on any atom is 0.322 e. The molecule has 1 fully saturated rings. The number of rotatable bonds is 9. The fraction of sp³-hybridized carbons (Fsp3) is 0.524. The zero-order valence-corrected chi connectivity index (χ0v) is 17.6. The van der Waals surface area contributed by atoms with Gasteiger partial charge < -0.3 is 19.9 Å². The van der Waals surface area contributed by atoms with Crippen molar-refractivity contribution in [2.24, 2.45) is 0 Å². The van der Waals surface area contributed by atoms with Gasteiger partial charge in [-0.1, -0.05) is 25.8 Å². The van der Waals surface area contributed by atoms with Gasteiger partial charge in [0.25, 0.3) is 11.8 Å². The van der Waals surface area contributed by atoms with E-state index in [2.05, 4.69) is 17.6 Å². The second kappa shape index (κ2) is 8.73. The smallest absolute Gasteiger partial charge is 0.322 e. The van der Waals surface area contributed by atoms with Crippen LogP contribution >= 0.6 is 0 Å². The summed E-state index contributed by atoms with van der Waals surface area (Å²) in [5.41, 5.74) is -0.185. The predicted molar refractivity (Wildman–Crippen MR) is 109 cm³/mol. The Morgan fingerprint density at radius 3 is 2.67 bits per heavy atom. The van der Waals surface area contributed by atoms with Gasteiger partial charge in [0, 0.05) is 25.7 Å². The van der Waals surface area contributed by atoms with Gasteiger partial charge >= 0.3 is 6.03 Å². The summed E-state index contributed by atoms with van der Waals surface area (Å²) in [6.07, 6.45) is 2.69. The third-order valence-corrected chi connectivity index (χ3v) is 5.65. The molecule has 3 rings (SSSR count). The molecule has 30 heavy (non-hydrogen) atoms. The number of hydrogen-bond donors (Lipinski definition) is 2. The summed E-state index contributed by atoms with van der Waals surface area (Å²) < 4.78 is 5.18. The number of nitrogens with zero attached hydrogens (tertiary/aromatic N) is 2. The normalized spacial score (nSPS) is 20.1. The number of nitrogens with one attached hydrogen (secondary N) is 2. The van der Waals surface area contributed by atoms with Crippen molar-refractivity contribution in [1.29, 1.82) is 0 Å². The average molecular weight is 416 g/mol. The van der Waals surface area contributed by atoms with Crippen LogP contribution < -0.4 is 15.4 Å². The SMILES string of the molecule is CCCCCN(C)C(=O)CC1(CN2Cc3ccc(OC)cc3C2=O)NC(=O)NC1=O. The number of carbonyl (C=O) groups excluding carboxylic acids is 4. The number of hydrogen-bond acceptors (Lipinski definition) is 5. The first-order valence-corrected chi connectivity index (χ1v) is 10.1. The largest absolute Gasteiger partial charge is 0.497 e. The molecule has 0 aliphatic carbocycles. The lowest BCUT2D eigenvalue weighted by atomic mass is 9.93. The molecule has 9 heteroatoms. The quantitative estimate of drug-likeness (QED) is 0.466. The van der Waals surface area contributed by atoms with Crippen LogP contribution in [0, 0.1) is 0 Å². The van der Waals surface area contributed by atoms with Crippen molar-refractivity contribution in [3.8, 4) is 5.75 Å². The van der Waals surface area contributed by atoms with Crippen LogP contribution in [0.1, 0.15) is 48.5 Å². The standard InChI is InChI=1S/C21H28N4O5/c1-4-5-6-9-24(2)17(26)11-21(19(28)22-20(29)23-21)13-25-12-14-7-8-15(30-3)10-16(14)18(25)27/h7-8,10H,4-6,9,11-13H2,1-3H3,(H2,22,23,28,29). The molecule has 2 N–H and O–H groups in total. The van der Waals surface area contributed by atoms with E-state index in [9.17, 15) is 19.2 Å². The zero-order valence-electron chi connectivity index (χ0n) is 17.6. The summed E-state index contributed by atoms with van der Waals surface area (Å²) in [6, 6.07) is 4.57. The molecule has 162 valence electrons. The molecule has 2 aliphatic rings. The minimum absolute atomic E-state index is 0.0884. The van der Waals surface area contributed by atoms with Gasteiger partial charge in [0.2, 0.25) is 5.91 Å². The highest BCUT2D eigenvalue weighted by atomic mass is 16.5. The molecule has 1 aromatic carbocycles. The number of ether oxygens (including phenoxy) is 1. The third-order valence-electron chi connectivity index (χ3n) is 5.65. The van der Waals surface area contributed by atoms with Crippen molar-refractivity contribution in [1.82, 2.24) is 20.4 Å². The van der Waals surface area contributed by atoms with E-state index in [0.29, 0.717) is 24.4 Å².